The molecule has 6 nitrogen and oxygen atoms in total. The van der Waals surface area contributed by atoms with Crippen molar-refractivity contribution in [2.45, 2.75) is 13.3 Å². The number of ether oxygens (including phenoxy) is 1. The van der Waals surface area contributed by atoms with Crippen LogP contribution >= 0.6 is 0 Å². The number of phenols is 1. The Morgan fingerprint density at radius 1 is 1.43 bits per heavy atom. The summed E-state index contributed by atoms with van der Waals surface area (Å²) in [4.78, 5) is 11.9. The van der Waals surface area contributed by atoms with Gasteiger partial charge < -0.3 is 20.5 Å². The number of aromatic hydroxyl groups is 1. The second-order valence-corrected chi connectivity index (χ2v) is 4.18. The first kappa shape index (κ1) is 16.5. The van der Waals surface area contributed by atoms with Gasteiger partial charge in [-0.2, -0.15) is 5.26 Å². The number of hydrogen-bond acceptors (Lipinski definition) is 5. The monoisotopic (exact) mass is 289 g/mol. The van der Waals surface area contributed by atoms with Crippen LogP contribution in [0, 0.1) is 11.3 Å². The third-order valence-corrected chi connectivity index (χ3v) is 2.55. The Bertz CT molecular complexity index is 518. The predicted molar refractivity (Wildman–Crippen MR) is 79.5 cm³/mol. The van der Waals surface area contributed by atoms with Crippen LogP contribution in [0.25, 0.3) is 0 Å². The minimum Gasteiger partial charge on any atom is -0.508 e. The van der Waals surface area contributed by atoms with Gasteiger partial charge in [0, 0.05) is 31.6 Å². The Labute approximate surface area is 124 Å². The predicted octanol–water partition coefficient (Wildman–Crippen LogP) is 1.75. The van der Waals surface area contributed by atoms with Crippen LogP contribution in [0.15, 0.2) is 36.0 Å². The van der Waals surface area contributed by atoms with Crippen molar-refractivity contribution in [1.29, 1.82) is 5.26 Å². The van der Waals surface area contributed by atoms with Crippen LogP contribution in [0.1, 0.15) is 13.3 Å². The van der Waals surface area contributed by atoms with E-state index < -0.39 is 5.91 Å². The minimum absolute atomic E-state index is 0.0144. The fourth-order valence-corrected chi connectivity index (χ4v) is 1.49. The van der Waals surface area contributed by atoms with Crippen LogP contribution in [0.4, 0.5) is 5.69 Å². The molecule has 0 bridgehead atoms. The molecular formula is C15H19N3O3. The molecule has 1 aromatic carbocycles. The molecule has 1 amide bonds. The summed E-state index contributed by atoms with van der Waals surface area (Å²) >= 11 is 0. The van der Waals surface area contributed by atoms with Crippen molar-refractivity contribution >= 4 is 11.6 Å². The minimum atomic E-state index is -0.500. The number of nitriles is 1. The fraction of sp³-hybridized carbons (Fsp3) is 0.333. The molecule has 0 saturated carbocycles. The number of nitrogens with zero attached hydrogens (tertiary/aromatic N) is 1. The standard InChI is InChI=1S/C15H19N3O3/c1-2-21-9-3-8-17-11-12(10-16)15(20)18-13-4-6-14(19)7-5-13/h4-7,11,17,19H,2-3,8-9H2,1H3,(H,18,20)/b12-11-. The van der Waals surface area contributed by atoms with E-state index in [9.17, 15) is 4.79 Å². The van der Waals surface area contributed by atoms with Crippen molar-refractivity contribution in [1.82, 2.24) is 5.32 Å². The van der Waals surface area contributed by atoms with Crippen molar-refractivity contribution in [2.24, 2.45) is 0 Å². The van der Waals surface area contributed by atoms with Gasteiger partial charge in [-0.1, -0.05) is 0 Å². The molecule has 0 aliphatic rings. The van der Waals surface area contributed by atoms with Crippen molar-refractivity contribution in [3.05, 3.63) is 36.0 Å². The highest BCUT2D eigenvalue weighted by Gasteiger charge is 2.08. The van der Waals surface area contributed by atoms with E-state index in [-0.39, 0.29) is 11.3 Å². The lowest BCUT2D eigenvalue weighted by Gasteiger charge is -2.05. The molecule has 3 N–H and O–H groups in total. The smallest absolute Gasteiger partial charge is 0.267 e. The first-order valence-electron chi connectivity index (χ1n) is 6.69. The summed E-state index contributed by atoms with van der Waals surface area (Å²) < 4.78 is 5.18. The topological polar surface area (TPSA) is 94.4 Å². The Morgan fingerprint density at radius 2 is 2.14 bits per heavy atom. The molecule has 0 aliphatic carbocycles. The van der Waals surface area contributed by atoms with E-state index in [0.29, 0.717) is 25.4 Å². The molecule has 0 fully saturated rings. The van der Waals surface area contributed by atoms with E-state index in [1.165, 1.54) is 18.3 Å². The molecule has 0 spiro atoms. The van der Waals surface area contributed by atoms with Crippen LogP contribution < -0.4 is 10.6 Å². The summed E-state index contributed by atoms with van der Waals surface area (Å²) in [6.45, 7) is 3.86. The van der Waals surface area contributed by atoms with Crippen molar-refractivity contribution in [3.63, 3.8) is 0 Å². The molecule has 0 heterocycles. The Kier molecular flexibility index (Phi) is 7.40. The Morgan fingerprint density at radius 3 is 2.76 bits per heavy atom. The van der Waals surface area contributed by atoms with Crippen LogP contribution in [0.2, 0.25) is 0 Å². The van der Waals surface area contributed by atoms with Crippen molar-refractivity contribution in [2.75, 3.05) is 25.1 Å². The number of rotatable bonds is 8. The molecular weight excluding hydrogens is 270 g/mol. The highest BCUT2D eigenvalue weighted by atomic mass is 16.5. The number of carbonyl (C=O) groups is 1. The molecule has 6 heteroatoms. The van der Waals surface area contributed by atoms with E-state index in [1.54, 1.807) is 12.1 Å². The molecule has 21 heavy (non-hydrogen) atoms. The number of carbonyl (C=O) groups excluding carboxylic acids is 1. The largest absolute Gasteiger partial charge is 0.508 e. The highest BCUT2D eigenvalue weighted by molar-refractivity contribution is 6.06. The Hall–Kier alpha value is -2.52. The number of anilines is 1. The van der Waals surface area contributed by atoms with Gasteiger partial charge in [0.25, 0.3) is 5.91 Å². The summed E-state index contributed by atoms with van der Waals surface area (Å²) in [5, 5.41) is 23.6. The van der Waals surface area contributed by atoms with E-state index in [2.05, 4.69) is 10.6 Å². The normalized spacial score (nSPS) is 10.8. The third-order valence-electron chi connectivity index (χ3n) is 2.55. The van der Waals surface area contributed by atoms with Crippen LogP contribution in [-0.4, -0.2) is 30.8 Å². The molecule has 112 valence electrons. The molecule has 0 saturated heterocycles. The van der Waals surface area contributed by atoms with Gasteiger partial charge in [0.05, 0.1) is 0 Å². The lowest BCUT2D eigenvalue weighted by atomic mass is 10.2. The molecule has 0 radical (unpaired) electrons. The number of phenolic OH excluding ortho intramolecular Hbond substituents is 1. The zero-order chi connectivity index (χ0) is 15.5. The van der Waals surface area contributed by atoms with E-state index >= 15 is 0 Å². The average molecular weight is 289 g/mol. The summed E-state index contributed by atoms with van der Waals surface area (Å²) in [7, 11) is 0. The number of hydrogen-bond donors (Lipinski definition) is 3. The van der Waals surface area contributed by atoms with Crippen molar-refractivity contribution < 1.29 is 14.6 Å². The van der Waals surface area contributed by atoms with Crippen LogP contribution in [-0.2, 0) is 9.53 Å². The van der Waals surface area contributed by atoms with E-state index in [0.717, 1.165) is 6.42 Å². The van der Waals surface area contributed by atoms with Gasteiger partial charge in [-0.25, -0.2) is 0 Å². The molecule has 0 aromatic heterocycles. The maximum Gasteiger partial charge on any atom is 0.267 e. The molecule has 0 aliphatic heterocycles. The zero-order valence-electron chi connectivity index (χ0n) is 11.9. The van der Waals surface area contributed by atoms with Gasteiger partial charge >= 0.3 is 0 Å². The SMILES string of the molecule is CCOCCCN/C=C(/C#N)C(=O)Nc1ccc(O)cc1. The van der Waals surface area contributed by atoms with Gasteiger partial charge in [0.15, 0.2) is 0 Å². The maximum atomic E-state index is 11.9. The number of benzene rings is 1. The summed E-state index contributed by atoms with van der Waals surface area (Å²) in [5.74, 6) is -0.388. The summed E-state index contributed by atoms with van der Waals surface area (Å²) in [6, 6.07) is 7.86. The lowest BCUT2D eigenvalue weighted by molar-refractivity contribution is -0.112. The van der Waals surface area contributed by atoms with Gasteiger partial charge in [0.2, 0.25) is 0 Å². The summed E-state index contributed by atoms with van der Waals surface area (Å²) in [6.07, 6.45) is 2.18. The van der Waals surface area contributed by atoms with Gasteiger partial charge in [-0.3, -0.25) is 4.79 Å². The third kappa shape index (κ3) is 6.45. The molecule has 1 rings (SSSR count). The lowest BCUT2D eigenvalue weighted by Crippen LogP contribution is -2.17. The molecule has 1 aromatic rings. The van der Waals surface area contributed by atoms with E-state index in [1.807, 2.05) is 13.0 Å². The average Bonchev–Trinajstić information content (AvgIpc) is 2.49. The first-order valence-corrected chi connectivity index (χ1v) is 6.69. The van der Waals surface area contributed by atoms with Crippen LogP contribution in [0.5, 0.6) is 5.75 Å². The molecule has 0 atom stereocenters. The summed E-state index contributed by atoms with van der Waals surface area (Å²) in [5.41, 5.74) is 0.495. The highest BCUT2D eigenvalue weighted by Crippen LogP contribution is 2.14. The second-order valence-electron chi connectivity index (χ2n) is 4.18. The van der Waals surface area contributed by atoms with Gasteiger partial charge in [0.1, 0.15) is 17.4 Å². The first-order chi connectivity index (χ1) is 10.2. The van der Waals surface area contributed by atoms with E-state index in [4.69, 9.17) is 15.1 Å². The quantitative estimate of drug-likeness (QED) is 0.293. The zero-order valence-corrected chi connectivity index (χ0v) is 11.9. The maximum absolute atomic E-state index is 11.9. The van der Waals surface area contributed by atoms with Crippen LogP contribution in [0.3, 0.4) is 0 Å². The second kappa shape index (κ2) is 9.39. The van der Waals surface area contributed by atoms with Crippen molar-refractivity contribution in [3.8, 4) is 11.8 Å². The fourth-order valence-electron chi connectivity index (χ4n) is 1.49. The molecule has 0 unspecified atom stereocenters. The number of amides is 1. The van der Waals surface area contributed by atoms with Gasteiger partial charge in [-0.05, 0) is 37.6 Å². The number of nitrogens with one attached hydrogen (secondary N) is 2. The Balaban J connectivity index is 2.45. The van der Waals surface area contributed by atoms with Gasteiger partial charge in [-0.15, -0.1) is 0 Å².